The number of ether oxygens (including phenoxy) is 1. The number of benzene rings is 2. The van der Waals surface area contributed by atoms with Crippen molar-refractivity contribution in [2.75, 3.05) is 0 Å². The van der Waals surface area contributed by atoms with E-state index in [0.717, 1.165) is 6.07 Å². The maximum absolute atomic E-state index is 13.3. The molecule has 0 fully saturated rings. The Labute approximate surface area is 121 Å². The molecule has 0 aromatic heterocycles. The number of nitrogens with zero attached hydrogens (tertiary/aromatic N) is 1. The molecule has 0 heterocycles. The molecule has 0 aliphatic carbocycles. The molecule has 106 valence electrons. The lowest BCUT2D eigenvalue weighted by Crippen LogP contribution is -2.00. The molecule has 0 radical (unpaired) electrons. The van der Waals surface area contributed by atoms with Crippen molar-refractivity contribution in [1.29, 1.82) is 5.26 Å². The quantitative estimate of drug-likeness (QED) is 0.917. The van der Waals surface area contributed by atoms with Crippen LogP contribution in [0.4, 0.5) is 4.39 Å². The van der Waals surface area contributed by atoms with Crippen molar-refractivity contribution in [2.45, 2.75) is 13.0 Å². The number of carboxylic acids is 1. The van der Waals surface area contributed by atoms with Crippen molar-refractivity contribution in [1.82, 2.24) is 0 Å². The summed E-state index contributed by atoms with van der Waals surface area (Å²) in [5, 5.41) is 17.4. The van der Waals surface area contributed by atoms with Gasteiger partial charge >= 0.3 is 5.97 Å². The number of carbonyl (C=O) groups is 1. The molecule has 0 unspecified atom stereocenters. The summed E-state index contributed by atoms with van der Waals surface area (Å²) in [6.07, 6.45) is -0.0459. The molecule has 0 atom stereocenters. The fourth-order valence-electron chi connectivity index (χ4n) is 1.84. The molecule has 4 nitrogen and oxygen atoms in total. The van der Waals surface area contributed by atoms with Gasteiger partial charge in [0.2, 0.25) is 0 Å². The lowest BCUT2D eigenvalue weighted by atomic mass is 10.1. The van der Waals surface area contributed by atoms with Crippen LogP contribution in [0.5, 0.6) is 5.75 Å². The first-order valence-electron chi connectivity index (χ1n) is 6.20. The van der Waals surface area contributed by atoms with Gasteiger partial charge in [-0.15, -0.1) is 0 Å². The lowest BCUT2D eigenvalue weighted by Gasteiger charge is -2.07. The van der Waals surface area contributed by atoms with Crippen molar-refractivity contribution in [3.63, 3.8) is 0 Å². The molecule has 0 bridgehead atoms. The molecular formula is C16H12FNO3. The Morgan fingerprint density at radius 3 is 2.52 bits per heavy atom. The first-order chi connectivity index (χ1) is 10.1. The average Bonchev–Trinajstić information content (AvgIpc) is 2.45. The molecule has 0 aliphatic rings. The number of aliphatic carboxylic acids is 1. The molecule has 1 N–H and O–H groups in total. The number of rotatable bonds is 5. The monoisotopic (exact) mass is 285 g/mol. The van der Waals surface area contributed by atoms with Gasteiger partial charge in [-0.25, -0.2) is 4.39 Å². The van der Waals surface area contributed by atoms with E-state index in [0.29, 0.717) is 16.9 Å². The van der Waals surface area contributed by atoms with Crippen LogP contribution in [0.3, 0.4) is 0 Å². The second-order valence-corrected chi connectivity index (χ2v) is 4.46. The highest BCUT2D eigenvalue weighted by molar-refractivity contribution is 5.70. The van der Waals surface area contributed by atoms with Crippen molar-refractivity contribution in [3.05, 3.63) is 65.0 Å². The molecule has 0 saturated carbocycles. The second-order valence-electron chi connectivity index (χ2n) is 4.46. The molecule has 0 spiro atoms. The molecule has 0 amide bonds. The highest BCUT2D eigenvalue weighted by Gasteiger charge is 2.03. The summed E-state index contributed by atoms with van der Waals surface area (Å²) in [4.78, 5) is 10.6. The average molecular weight is 285 g/mol. The van der Waals surface area contributed by atoms with Gasteiger partial charge in [-0.3, -0.25) is 4.79 Å². The maximum atomic E-state index is 13.3. The molecule has 5 heteroatoms. The molecule has 2 aromatic rings. The molecule has 0 aliphatic heterocycles. The zero-order valence-corrected chi connectivity index (χ0v) is 11.0. The summed E-state index contributed by atoms with van der Waals surface area (Å²) in [6.45, 7) is 0.130. The van der Waals surface area contributed by atoms with Gasteiger partial charge in [-0.05, 0) is 41.5 Å². The van der Waals surface area contributed by atoms with E-state index in [9.17, 15) is 9.18 Å². The van der Waals surface area contributed by atoms with E-state index >= 15 is 0 Å². The first-order valence-corrected chi connectivity index (χ1v) is 6.20. The number of hydrogen-bond donors (Lipinski definition) is 1. The smallest absolute Gasteiger partial charge is 0.307 e. The van der Waals surface area contributed by atoms with Crippen LogP contribution < -0.4 is 4.74 Å². The molecule has 2 rings (SSSR count). The predicted octanol–water partition coefficient (Wildman–Crippen LogP) is 2.90. The first kappa shape index (κ1) is 14.5. The predicted molar refractivity (Wildman–Crippen MR) is 73.2 cm³/mol. The van der Waals surface area contributed by atoms with Gasteiger partial charge in [0.15, 0.2) is 0 Å². The van der Waals surface area contributed by atoms with Gasteiger partial charge in [0.05, 0.1) is 18.1 Å². The van der Waals surface area contributed by atoms with Crippen molar-refractivity contribution < 1.29 is 19.0 Å². The number of carboxylic acid groups (broad SMARTS) is 1. The Bertz CT molecular complexity index is 690. The summed E-state index contributed by atoms with van der Waals surface area (Å²) in [5.41, 5.74) is 1.47. The van der Waals surface area contributed by atoms with Crippen molar-refractivity contribution in [2.24, 2.45) is 0 Å². The van der Waals surface area contributed by atoms with Gasteiger partial charge < -0.3 is 9.84 Å². The van der Waals surface area contributed by atoms with Crippen molar-refractivity contribution >= 4 is 5.97 Å². The SMILES string of the molecule is N#Cc1cc(F)cc(COc2ccc(CC(=O)O)cc2)c1. The highest BCUT2D eigenvalue weighted by atomic mass is 19.1. The van der Waals surface area contributed by atoms with E-state index in [-0.39, 0.29) is 18.6 Å². The minimum atomic E-state index is -0.896. The highest BCUT2D eigenvalue weighted by Crippen LogP contribution is 2.16. The maximum Gasteiger partial charge on any atom is 0.307 e. The Morgan fingerprint density at radius 2 is 1.90 bits per heavy atom. The van der Waals surface area contributed by atoms with Crippen molar-refractivity contribution in [3.8, 4) is 11.8 Å². The number of hydrogen-bond acceptors (Lipinski definition) is 3. The van der Waals surface area contributed by atoms with Crippen LogP contribution in [0.25, 0.3) is 0 Å². The summed E-state index contributed by atoms with van der Waals surface area (Å²) in [7, 11) is 0. The number of nitriles is 1. The topological polar surface area (TPSA) is 70.3 Å². The summed E-state index contributed by atoms with van der Waals surface area (Å²) < 4.78 is 18.7. The van der Waals surface area contributed by atoms with Crippen LogP contribution >= 0.6 is 0 Å². The van der Waals surface area contributed by atoms with E-state index < -0.39 is 11.8 Å². The van der Waals surface area contributed by atoms with E-state index in [1.807, 2.05) is 6.07 Å². The Morgan fingerprint density at radius 1 is 1.19 bits per heavy atom. The second kappa shape index (κ2) is 6.53. The third kappa shape index (κ3) is 4.32. The third-order valence-corrected chi connectivity index (χ3v) is 2.77. The normalized spacial score (nSPS) is 9.90. The Kier molecular flexibility index (Phi) is 4.52. The zero-order valence-electron chi connectivity index (χ0n) is 11.0. The van der Waals surface area contributed by atoms with Crippen LogP contribution in [-0.2, 0) is 17.8 Å². The largest absolute Gasteiger partial charge is 0.489 e. The third-order valence-electron chi connectivity index (χ3n) is 2.77. The van der Waals surface area contributed by atoms with Crippen LogP contribution in [0.1, 0.15) is 16.7 Å². The van der Waals surface area contributed by atoms with E-state index in [1.54, 1.807) is 30.3 Å². The van der Waals surface area contributed by atoms with Crippen LogP contribution in [0, 0.1) is 17.1 Å². The summed E-state index contributed by atoms with van der Waals surface area (Å²) >= 11 is 0. The van der Waals surface area contributed by atoms with Gasteiger partial charge in [-0.2, -0.15) is 5.26 Å². The summed E-state index contributed by atoms with van der Waals surface area (Å²) in [6, 6.07) is 12.5. The van der Waals surface area contributed by atoms with Gasteiger partial charge in [0, 0.05) is 0 Å². The fraction of sp³-hybridized carbons (Fsp3) is 0.125. The Balaban J connectivity index is 2.01. The van der Waals surface area contributed by atoms with Crippen LogP contribution in [0.15, 0.2) is 42.5 Å². The standard InChI is InChI=1S/C16H12FNO3/c17-14-6-12(9-18)5-13(7-14)10-21-15-3-1-11(2-4-15)8-16(19)20/h1-7H,8,10H2,(H,19,20). The summed E-state index contributed by atoms with van der Waals surface area (Å²) in [5.74, 6) is -0.830. The Hall–Kier alpha value is -2.87. The minimum absolute atomic E-state index is 0.0459. The minimum Gasteiger partial charge on any atom is -0.489 e. The van der Waals surface area contributed by atoms with Gasteiger partial charge in [0.1, 0.15) is 18.2 Å². The molecule has 0 saturated heterocycles. The lowest BCUT2D eigenvalue weighted by molar-refractivity contribution is -0.136. The molecule has 21 heavy (non-hydrogen) atoms. The van der Waals surface area contributed by atoms with E-state index in [2.05, 4.69) is 0 Å². The molecular weight excluding hydrogens is 273 g/mol. The van der Waals surface area contributed by atoms with Gasteiger partial charge in [0.25, 0.3) is 0 Å². The van der Waals surface area contributed by atoms with Crippen LogP contribution in [0.2, 0.25) is 0 Å². The fourth-order valence-corrected chi connectivity index (χ4v) is 1.84. The van der Waals surface area contributed by atoms with E-state index in [1.165, 1.54) is 6.07 Å². The zero-order chi connectivity index (χ0) is 15.2. The van der Waals surface area contributed by atoms with E-state index in [4.69, 9.17) is 15.1 Å². The van der Waals surface area contributed by atoms with Crippen LogP contribution in [-0.4, -0.2) is 11.1 Å². The number of halogens is 1. The molecule has 2 aromatic carbocycles. The van der Waals surface area contributed by atoms with Gasteiger partial charge in [-0.1, -0.05) is 12.1 Å².